The predicted octanol–water partition coefficient (Wildman–Crippen LogP) is 3.12. The molecule has 1 aliphatic heterocycles. The highest BCUT2D eigenvalue weighted by atomic mass is 19.4. The van der Waals surface area contributed by atoms with Crippen LogP contribution in [0.3, 0.4) is 0 Å². The molecule has 132 valence electrons. The number of hydrogen-bond donors (Lipinski definition) is 1. The Morgan fingerprint density at radius 3 is 2.79 bits per heavy atom. The van der Waals surface area contributed by atoms with Gasteiger partial charge in [0.25, 0.3) is 5.69 Å². The van der Waals surface area contributed by atoms with Crippen LogP contribution in [0.1, 0.15) is 18.4 Å². The number of anilines is 1. The summed E-state index contributed by atoms with van der Waals surface area (Å²) in [5, 5.41) is 13.4. The molecule has 1 saturated heterocycles. The zero-order chi connectivity index (χ0) is 17.9. The number of nitrogens with one attached hydrogen (secondary N) is 1. The Morgan fingerprint density at radius 1 is 1.46 bits per heavy atom. The molecule has 0 saturated carbocycles. The van der Waals surface area contributed by atoms with Gasteiger partial charge in [0, 0.05) is 23.9 Å². The number of piperidine rings is 1. The van der Waals surface area contributed by atoms with Gasteiger partial charge in [-0.05, 0) is 32.4 Å². The fourth-order valence-electron chi connectivity index (χ4n) is 2.75. The van der Waals surface area contributed by atoms with Gasteiger partial charge in [0.2, 0.25) is 5.91 Å². The number of nitro benzene ring substituents is 1. The van der Waals surface area contributed by atoms with Crippen molar-refractivity contribution in [1.82, 2.24) is 4.90 Å². The molecule has 0 spiro atoms. The first-order chi connectivity index (χ1) is 11.2. The zero-order valence-corrected chi connectivity index (χ0v) is 13.1. The van der Waals surface area contributed by atoms with E-state index in [1.54, 1.807) is 6.92 Å². The van der Waals surface area contributed by atoms with Crippen molar-refractivity contribution in [3.05, 3.63) is 33.9 Å². The smallest absolute Gasteiger partial charge is 0.325 e. The van der Waals surface area contributed by atoms with E-state index in [0.717, 1.165) is 0 Å². The minimum Gasteiger partial charge on any atom is -0.325 e. The average molecular weight is 345 g/mol. The van der Waals surface area contributed by atoms with E-state index in [1.807, 2.05) is 0 Å². The van der Waals surface area contributed by atoms with Crippen molar-refractivity contribution in [2.45, 2.75) is 25.9 Å². The Hall–Kier alpha value is -2.16. The van der Waals surface area contributed by atoms with E-state index >= 15 is 0 Å². The van der Waals surface area contributed by atoms with Crippen molar-refractivity contribution < 1.29 is 22.9 Å². The number of aryl methyl sites for hydroxylation is 1. The Balaban J connectivity index is 1.96. The van der Waals surface area contributed by atoms with Crippen LogP contribution in [-0.4, -0.2) is 41.5 Å². The van der Waals surface area contributed by atoms with Gasteiger partial charge in [0.1, 0.15) is 0 Å². The fraction of sp³-hybridized carbons (Fsp3) is 0.533. The molecule has 1 heterocycles. The minimum absolute atomic E-state index is 0.0752. The number of hydrogen-bond acceptors (Lipinski definition) is 4. The van der Waals surface area contributed by atoms with E-state index in [9.17, 15) is 28.1 Å². The first-order valence-electron chi connectivity index (χ1n) is 7.51. The summed E-state index contributed by atoms with van der Waals surface area (Å²) in [6.45, 7) is 1.63. The summed E-state index contributed by atoms with van der Waals surface area (Å²) >= 11 is 0. The molecule has 1 fully saturated rings. The number of benzene rings is 1. The molecule has 2 rings (SSSR count). The lowest BCUT2D eigenvalue weighted by Gasteiger charge is -2.33. The SMILES string of the molecule is Cc1ccc(NC(=O)CN2CCC[C@@H](C(F)(F)F)C2)cc1[N+](=O)[O-]. The van der Waals surface area contributed by atoms with Gasteiger partial charge in [-0.15, -0.1) is 0 Å². The largest absolute Gasteiger partial charge is 0.393 e. The summed E-state index contributed by atoms with van der Waals surface area (Å²) in [5.74, 6) is -1.91. The fourth-order valence-corrected chi connectivity index (χ4v) is 2.75. The Bertz CT molecular complexity index is 634. The molecular weight excluding hydrogens is 327 g/mol. The van der Waals surface area contributed by atoms with Gasteiger partial charge in [0.15, 0.2) is 0 Å². The van der Waals surface area contributed by atoms with Crippen molar-refractivity contribution in [3.63, 3.8) is 0 Å². The lowest BCUT2D eigenvalue weighted by Crippen LogP contribution is -2.44. The van der Waals surface area contributed by atoms with Gasteiger partial charge < -0.3 is 5.32 Å². The number of carbonyl (C=O) groups is 1. The van der Waals surface area contributed by atoms with Crippen LogP contribution in [-0.2, 0) is 4.79 Å². The molecular formula is C15H18F3N3O3. The monoisotopic (exact) mass is 345 g/mol. The standard InChI is InChI=1S/C15H18F3N3O3/c1-10-4-5-12(7-13(10)21(23)24)19-14(22)9-20-6-2-3-11(8-20)15(16,17)18/h4-5,7,11H,2-3,6,8-9H2,1H3,(H,19,22)/t11-/m1/s1. The van der Waals surface area contributed by atoms with Crippen LogP contribution in [0.4, 0.5) is 24.5 Å². The summed E-state index contributed by atoms with van der Waals surface area (Å²) in [6.07, 6.45) is -3.80. The third-order valence-corrected chi connectivity index (χ3v) is 4.03. The lowest BCUT2D eigenvalue weighted by molar-refractivity contribution is -0.385. The van der Waals surface area contributed by atoms with Gasteiger partial charge in [-0.1, -0.05) is 6.07 Å². The van der Waals surface area contributed by atoms with Crippen LogP contribution >= 0.6 is 0 Å². The van der Waals surface area contributed by atoms with E-state index in [-0.39, 0.29) is 30.9 Å². The molecule has 24 heavy (non-hydrogen) atoms. The first kappa shape index (κ1) is 18.2. The molecule has 0 aliphatic carbocycles. The van der Waals surface area contributed by atoms with Gasteiger partial charge in [-0.2, -0.15) is 13.2 Å². The summed E-state index contributed by atoms with van der Waals surface area (Å²) in [4.78, 5) is 23.8. The van der Waals surface area contributed by atoms with Crippen molar-refractivity contribution in [3.8, 4) is 0 Å². The highest BCUT2D eigenvalue weighted by Gasteiger charge is 2.41. The highest BCUT2D eigenvalue weighted by Crippen LogP contribution is 2.33. The molecule has 0 bridgehead atoms. The molecule has 1 aromatic carbocycles. The quantitative estimate of drug-likeness (QED) is 0.672. The molecule has 6 nitrogen and oxygen atoms in total. The third kappa shape index (κ3) is 4.67. The maximum Gasteiger partial charge on any atom is 0.393 e. The number of alkyl halides is 3. The second-order valence-corrected chi connectivity index (χ2v) is 5.92. The number of carbonyl (C=O) groups excluding carboxylic acids is 1. The molecule has 9 heteroatoms. The van der Waals surface area contributed by atoms with E-state index in [0.29, 0.717) is 18.5 Å². The number of nitrogens with zero attached hydrogens (tertiary/aromatic N) is 2. The lowest BCUT2D eigenvalue weighted by atomic mass is 9.97. The predicted molar refractivity (Wildman–Crippen MR) is 81.7 cm³/mol. The van der Waals surface area contributed by atoms with Crippen molar-refractivity contribution in [1.29, 1.82) is 0 Å². The van der Waals surface area contributed by atoms with E-state index in [1.165, 1.54) is 23.1 Å². The second kappa shape index (κ2) is 7.16. The average Bonchev–Trinajstić information content (AvgIpc) is 2.48. The molecule has 1 atom stereocenters. The molecule has 0 unspecified atom stereocenters. The van der Waals surface area contributed by atoms with E-state index in [2.05, 4.69) is 5.32 Å². The van der Waals surface area contributed by atoms with Crippen molar-refractivity contribution in [2.24, 2.45) is 5.92 Å². The van der Waals surface area contributed by atoms with Gasteiger partial charge in [-0.3, -0.25) is 19.8 Å². The zero-order valence-electron chi connectivity index (χ0n) is 13.1. The number of halogens is 3. The van der Waals surface area contributed by atoms with Gasteiger partial charge >= 0.3 is 6.18 Å². The normalized spacial score (nSPS) is 19.1. The maximum atomic E-state index is 12.8. The second-order valence-electron chi connectivity index (χ2n) is 5.92. The van der Waals surface area contributed by atoms with Crippen molar-refractivity contribution >= 4 is 17.3 Å². The molecule has 1 aromatic rings. The topological polar surface area (TPSA) is 75.5 Å². The minimum atomic E-state index is -4.26. The molecule has 1 aliphatic rings. The van der Waals surface area contributed by atoms with Gasteiger partial charge in [-0.25, -0.2) is 0 Å². The molecule has 0 radical (unpaired) electrons. The van der Waals surface area contributed by atoms with Gasteiger partial charge in [0.05, 0.1) is 17.4 Å². The Morgan fingerprint density at radius 2 is 2.17 bits per heavy atom. The van der Waals surface area contributed by atoms with Crippen LogP contribution in [0.25, 0.3) is 0 Å². The first-order valence-corrected chi connectivity index (χ1v) is 7.51. The van der Waals surface area contributed by atoms with Crippen LogP contribution in [0.5, 0.6) is 0 Å². The maximum absolute atomic E-state index is 12.8. The van der Waals surface area contributed by atoms with E-state index < -0.39 is 22.9 Å². The Kier molecular flexibility index (Phi) is 5.43. The molecule has 0 aromatic heterocycles. The molecule has 1 amide bonds. The Labute approximate surface area is 136 Å². The van der Waals surface area contributed by atoms with E-state index in [4.69, 9.17) is 0 Å². The third-order valence-electron chi connectivity index (χ3n) is 4.03. The van der Waals surface area contributed by atoms with Crippen LogP contribution in [0, 0.1) is 23.0 Å². The molecule has 1 N–H and O–H groups in total. The van der Waals surface area contributed by atoms with Crippen LogP contribution < -0.4 is 5.32 Å². The number of rotatable bonds is 4. The van der Waals surface area contributed by atoms with Crippen molar-refractivity contribution in [2.75, 3.05) is 25.0 Å². The summed E-state index contributed by atoms with van der Waals surface area (Å²) in [6, 6.07) is 4.27. The highest BCUT2D eigenvalue weighted by molar-refractivity contribution is 5.92. The summed E-state index contributed by atoms with van der Waals surface area (Å²) in [5.41, 5.74) is 0.589. The summed E-state index contributed by atoms with van der Waals surface area (Å²) in [7, 11) is 0. The summed E-state index contributed by atoms with van der Waals surface area (Å²) < 4.78 is 38.3. The number of amides is 1. The number of nitro groups is 1. The van der Waals surface area contributed by atoms with Crippen LogP contribution in [0.15, 0.2) is 18.2 Å². The number of likely N-dealkylation sites (tertiary alicyclic amines) is 1. The van der Waals surface area contributed by atoms with Crippen LogP contribution in [0.2, 0.25) is 0 Å².